The van der Waals surface area contributed by atoms with Gasteiger partial charge in [-0.1, -0.05) is 41.2 Å². The molecular formula is C14H16BrN3OS. The van der Waals surface area contributed by atoms with E-state index in [1.165, 1.54) is 0 Å². The molecule has 1 N–H and O–H groups in total. The fourth-order valence-corrected chi connectivity index (χ4v) is 3.21. The molecule has 0 spiro atoms. The lowest BCUT2D eigenvalue weighted by atomic mass is 9.91. The molecule has 0 aliphatic carbocycles. The maximum absolute atomic E-state index is 12.4. The number of aryl methyl sites for hydroxylation is 1. The number of aromatic nitrogens is 2. The average molecular weight is 354 g/mol. The fraction of sp³-hybridized carbons (Fsp3) is 0.357. The summed E-state index contributed by atoms with van der Waals surface area (Å²) >= 11 is 4.55. The van der Waals surface area contributed by atoms with Gasteiger partial charge in [-0.05, 0) is 42.2 Å². The topological polar surface area (TPSA) is 54.9 Å². The van der Waals surface area contributed by atoms with Crippen LogP contribution >= 0.6 is 27.5 Å². The van der Waals surface area contributed by atoms with E-state index in [1.54, 1.807) is 0 Å². The molecule has 0 saturated carbocycles. The SMILES string of the molecule is Cc1cc(Br)cc(NC(=O)c2snnc2C(C)(C)C)c1. The minimum absolute atomic E-state index is 0.164. The number of hydrogen-bond donors (Lipinski definition) is 1. The first-order chi connectivity index (χ1) is 9.27. The van der Waals surface area contributed by atoms with Gasteiger partial charge in [0.05, 0.1) is 5.69 Å². The van der Waals surface area contributed by atoms with Crippen LogP contribution in [-0.2, 0) is 5.41 Å². The van der Waals surface area contributed by atoms with Crippen LogP contribution < -0.4 is 5.32 Å². The van der Waals surface area contributed by atoms with E-state index in [4.69, 9.17) is 0 Å². The van der Waals surface area contributed by atoms with E-state index >= 15 is 0 Å². The van der Waals surface area contributed by atoms with Crippen molar-refractivity contribution in [2.24, 2.45) is 0 Å². The summed E-state index contributed by atoms with van der Waals surface area (Å²) in [6, 6.07) is 5.79. The highest BCUT2D eigenvalue weighted by molar-refractivity contribution is 9.10. The zero-order valence-corrected chi connectivity index (χ0v) is 14.2. The molecule has 0 bridgehead atoms. The lowest BCUT2D eigenvalue weighted by molar-refractivity contribution is 0.102. The van der Waals surface area contributed by atoms with Gasteiger partial charge in [0.2, 0.25) is 0 Å². The Morgan fingerprint density at radius 2 is 2.00 bits per heavy atom. The van der Waals surface area contributed by atoms with Gasteiger partial charge in [-0.15, -0.1) is 5.10 Å². The van der Waals surface area contributed by atoms with Gasteiger partial charge in [0.1, 0.15) is 4.88 Å². The van der Waals surface area contributed by atoms with Crippen LogP contribution in [0.5, 0.6) is 0 Å². The van der Waals surface area contributed by atoms with Gasteiger partial charge in [0.25, 0.3) is 5.91 Å². The molecule has 1 aromatic heterocycles. The summed E-state index contributed by atoms with van der Waals surface area (Å²) in [6.45, 7) is 8.03. The van der Waals surface area contributed by atoms with Gasteiger partial charge in [-0.3, -0.25) is 4.79 Å². The predicted octanol–water partition coefficient (Wildman–Crippen LogP) is 4.16. The highest BCUT2D eigenvalue weighted by Crippen LogP contribution is 2.27. The summed E-state index contributed by atoms with van der Waals surface area (Å²) in [7, 11) is 0. The molecule has 2 rings (SSSR count). The third kappa shape index (κ3) is 3.43. The van der Waals surface area contributed by atoms with Crippen LogP contribution in [0.2, 0.25) is 0 Å². The molecular weight excluding hydrogens is 338 g/mol. The van der Waals surface area contributed by atoms with Crippen molar-refractivity contribution >= 4 is 39.1 Å². The number of amides is 1. The van der Waals surface area contributed by atoms with Crippen molar-refractivity contribution in [1.29, 1.82) is 0 Å². The molecule has 1 amide bonds. The van der Waals surface area contributed by atoms with Crippen LogP contribution in [0.3, 0.4) is 0 Å². The zero-order valence-electron chi connectivity index (χ0n) is 11.8. The molecule has 0 aliphatic heterocycles. The third-order valence-corrected chi connectivity index (χ3v) is 3.89. The summed E-state index contributed by atoms with van der Waals surface area (Å²) in [5.74, 6) is -0.164. The maximum Gasteiger partial charge on any atom is 0.269 e. The van der Waals surface area contributed by atoms with Gasteiger partial charge in [0.15, 0.2) is 0 Å². The molecule has 0 unspecified atom stereocenters. The first kappa shape index (κ1) is 15.1. The fourth-order valence-electron chi connectivity index (χ4n) is 1.83. The Labute approximate surface area is 130 Å². The molecule has 20 heavy (non-hydrogen) atoms. The van der Waals surface area contributed by atoms with Crippen molar-refractivity contribution in [3.63, 3.8) is 0 Å². The molecule has 0 radical (unpaired) electrons. The van der Waals surface area contributed by atoms with Crippen LogP contribution in [0, 0.1) is 6.92 Å². The summed E-state index contributed by atoms with van der Waals surface area (Å²) in [5, 5.41) is 6.98. The number of nitrogens with zero attached hydrogens (tertiary/aromatic N) is 2. The van der Waals surface area contributed by atoms with E-state index in [2.05, 4.69) is 30.8 Å². The number of carbonyl (C=O) groups is 1. The normalized spacial score (nSPS) is 11.4. The number of rotatable bonds is 2. The summed E-state index contributed by atoms with van der Waals surface area (Å²) in [6.07, 6.45) is 0. The minimum atomic E-state index is -0.202. The maximum atomic E-state index is 12.4. The van der Waals surface area contributed by atoms with Gasteiger partial charge in [-0.25, -0.2) is 0 Å². The predicted molar refractivity (Wildman–Crippen MR) is 85.4 cm³/mol. The summed E-state index contributed by atoms with van der Waals surface area (Å²) < 4.78 is 4.84. The first-order valence-corrected chi connectivity index (χ1v) is 7.75. The highest BCUT2D eigenvalue weighted by Gasteiger charge is 2.26. The first-order valence-electron chi connectivity index (χ1n) is 6.19. The molecule has 0 saturated heterocycles. The van der Waals surface area contributed by atoms with Crippen molar-refractivity contribution in [1.82, 2.24) is 9.59 Å². The Morgan fingerprint density at radius 3 is 2.60 bits per heavy atom. The standard InChI is InChI=1S/C14H16BrN3OS/c1-8-5-9(15)7-10(6-8)16-13(19)11-12(14(2,3)4)17-18-20-11/h5-7H,1-4H3,(H,16,19). The van der Waals surface area contributed by atoms with E-state index in [-0.39, 0.29) is 11.3 Å². The Hall–Kier alpha value is -1.27. The van der Waals surface area contributed by atoms with Gasteiger partial charge < -0.3 is 5.32 Å². The summed E-state index contributed by atoms with van der Waals surface area (Å²) in [4.78, 5) is 12.9. The van der Waals surface area contributed by atoms with Crippen molar-refractivity contribution in [2.75, 3.05) is 5.32 Å². The Bertz CT molecular complexity index is 626. The molecule has 1 aromatic carbocycles. The monoisotopic (exact) mass is 353 g/mol. The third-order valence-electron chi connectivity index (χ3n) is 2.70. The second-order valence-corrected chi connectivity index (χ2v) is 7.34. The Balaban J connectivity index is 2.27. The average Bonchev–Trinajstić information content (AvgIpc) is 2.75. The molecule has 4 nitrogen and oxygen atoms in total. The van der Waals surface area contributed by atoms with Gasteiger partial charge >= 0.3 is 0 Å². The smallest absolute Gasteiger partial charge is 0.269 e. The number of halogens is 1. The van der Waals surface area contributed by atoms with E-state index < -0.39 is 0 Å². The highest BCUT2D eigenvalue weighted by atomic mass is 79.9. The van der Waals surface area contributed by atoms with Crippen molar-refractivity contribution in [3.8, 4) is 0 Å². The number of hydrogen-bond acceptors (Lipinski definition) is 4. The van der Waals surface area contributed by atoms with E-state index in [0.717, 1.165) is 32.9 Å². The molecule has 2 aromatic rings. The largest absolute Gasteiger partial charge is 0.321 e. The van der Waals surface area contributed by atoms with Crippen molar-refractivity contribution in [3.05, 3.63) is 38.8 Å². The quantitative estimate of drug-likeness (QED) is 0.881. The van der Waals surface area contributed by atoms with Gasteiger partial charge in [0, 0.05) is 15.6 Å². The zero-order chi connectivity index (χ0) is 14.9. The van der Waals surface area contributed by atoms with Crippen LogP contribution in [-0.4, -0.2) is 15.5 Å². The minimum Gasteiger partial charge on any atom is -0.321 e. The van der Waals surface area contributed by atoms with Gasteiger partial charge in [-0.2, -0.15) is 0 Å². The van der Waals surface area contributed by atoms with Crippen LogP contribution in [0.25, 0.3) is 0 Å². The van der Waals surface area contributed by atoms with Crippen molar-refractivity contribution in [2.45, 2.75) is 33.1 Å². The molecule has 6 heteroatoms. The second-order valence-electron chi connectivity index (χ2n) is 5.67. The number of anilines is 1. The van der Waals surface area contributed by atoms with E-state index in [9.17, 15) is 4.79 Å². The number of carbonyl (C=O) groups excluding carboxylic acids is 1. The number of nitrogens with one attached hydrogen (secondary N) is 1. The molecule has 0 aliphatic rings. The Kier molecular flexibility index (Phi) is 4.25. The lowest BCUT2D eigenvalue weighted by Crippen LogP contribution is -2.19. The Morgan fingerprint density at radius 1 is 1.30 bits per heavy atom. The van der Waals surface area contributed by atoms with Crippen LogP contribution in [0.15, 0.2) is 22.7 Å². The van der Waals surface area contributed by atoms with E-state index in [1.807, 2.05) is 45.9 Å². The van der Waals surface area contributed by atoms with Crippen molar-refractivity contribution < 1.29 is 4.79 Å². The molecule has 0 fully saturated rings. The molecule has 0 atom stereocenters. The molecule has 106 valence electrons. The van der Waals surface area contributed by atoms with Crippen LogP contribution in [0.1, 0.15) is 41.7 Å². The van der Waals surface area contributed by atoms with E-state index in [0.29, 0.717) is 4.88 Å². The summed E-state index contributed by atoms with van der Waals surface area (Å²) in [5.41, 5.74) is 2.36. The molecule has 1 heterocycles. The second kappa shape index (κ2) is 5.61. The lowest BCUT2D eigenvalue weighted by Gasteiger charge is -2.16. The van der Waals surface area contributed by atoms with Crippen LogP contribution in [0.4, 0.5) is 5.69 Å². The number of benzene rings is 1.